The lowest BCUT2D eigenvalue weighted by molar-refractivity contribution is -0.133. The van der Waals surface area contributed by atoms with Crippen molar-refractivity contribution in [2.24, 2.45) is 5.73 Å². The van der Waals surface area contributed by atoms with Gasteiger partial charge in [-0.15, -0.1) is 0 Å². The quantitative estimate of drug-likeness (QED) is 0.187. The van der Waals surface area contributed by atoms with Gasteiger partial charge in [-0.3, -0.25) is 19.6 Å². The number of aliphatic hydroxyl groups is 1. The molecule has 35 heavy (non-hydrogen) atoms. The molecule has 184 valence electrons. The van der Waals surface area contributed by atoms with Crippen molar-refractivity contribution in [2.45, 2.75) is 45.4 Å². The van der Waals surface area contributed by atoms with Crippen LogP contribution < -0.4 is 21.8 Å². The molecule has 2 aromatic rings. The van der Waals surface area contributed by atoms with Crippen LogP contribution >= 0.6 is 0 Å². The van der Waals surface area contributed by atoms with Crippen LogP contribution in [0.15, 0.2) is 48.5 Å². The minimum atomic E-state index is -1.31. The van der Waals surface area contributed by atoms with E-state index in [9.17, 15) is 19.5 Å². The van der Waals surface area contributed by atoms with Crippen molar-refractivity contribution in [1.82, 2.24) is 10.8 Å². The van der Waals surface area contributed by atoms with Crippen molar-refractivity contribution in [1.29, 1.82) is 5.26 Å². The number of carbonyl (C=O) groups excluding carboxylic acids is 3. The molecule has 2 aromatic carbocycles. The molecule has 0 radical (unpaired) electrons. The van der Waals surface area contributed by atoms with E-state index in [1.54, 1.807) is 36.4 Å². The summed E-state index contributed by atoms with van der Waals surface area (Å²) < 4.78 is 0. The Balaban J connectivity index is 0.00000612. The summed E-state index contributed by atoms with van der Waals surface area (Å²) in [6.45, 7) is 1.31. The largest absolute Gasteiger partial charge is 0.391 e. The third-order valence-electron chi connectivity index (χ3n) is 4.72. The Bertz CT molecular complexity index is 1110. The maximum absolute atomic E-state index is 12.3. The van der Waals surface area contributed by atoms with E-state index in [2.05, 4.69) is 22.5 Å². The third-order valence-corrected chi connectivity index (χ3v) is 4.72. The number of rotatable bonds is 8. The average molecular weight is 480 g/mol. The number of hydroxylamine groups is 1. The number of nitrogens with one attached hydrogen (secondary N) is 3. The second-order valence-corrected chi connectivity index (χ2v) is 7.37. The molecule has 0 fully saturated rings. The van der Waals surface area contributed by atoms with E-state index in [-0.39, 0.29) is 31.7 Å². The van der Waals surface area contributed by atoms with Crippen LogP contribution in [0, 0.1) is 23.2 Å². The number of hydrogen-bond donors (Lipinski definition) is 6. The molecule has 3 atom stereocenters. The van der Waals surface area contributed by atoms with Gasteiger partial charge >= 0.3 is 0 Å². The van der Waals surface area contributed by atoms with Crippen LogP contribution in [-0.2, 0) is 9.59 Å². The highest BCUT2D eigenvalue weighted by Gasteiger charge is 2.25. The van der Waals surface area contributed by atoms with Crippen LogP contribution in [0.25, 0.3) is 0 Å². The number of benzene rings is 2. The Hall–Kier alpha value is -4.22. The molecule has 0 aliphatic heterocycles. The fraction of sp³-hybridized carbons (Fsp3) is 0.280. The number of nitrogens with two attached hydrogens (primary N) is 1. The van der Waals surface area contributed by atoms with E-state index in [1.807, 2.05) is 6.07 Å². The lowest BCUT2D eigenvalue weighted by Gasteiger charge is -2.19. The summed E-state index contributed by atoms with van der Waals surface area (Å²) >= 11 is 0. The average Bonchev–Trinajstić information content (AvgIpc) is 2.84. The molecule has 0 saturated carbocycles. The lowest BCUT2D eigenvalue weighted by Crippen LogP contribution is -2.51. The highest BCUT2D eigenvalue weighted by atomic mass is 16.5. The standard InChI is InChI=1S/C24H25N5O5.CH4/c1-15(30)21(24(33)29-34)28-22(31)18-10-6-16(7-11-18)4-5-17-8-12-19(13-9-17)27-23(32)20(26)3-2-14-25;/h6-13,15,20-21,30,34H,2-3,26H2,1H3,(H,27,32)(H,28,31)(H,29,33);1H4/t15-,20+,21+;/m1./s1. The highest BCUT2D eigenvalue weighted by Crippen LogP contribution is 2.11. The molecular formula is C25H29N5O5. The molecule has 10 heteroatoms. The second kappa shape index (κ2) is 14.1. The summed E-state index contributed by atoms with van der Waals surface area (Å²) in [5.74, 6) is 4.03. The molecule has 0 heterocycles. The van der Waals surface area contributed by atoms with Crippen LogP contribution in [0.3, 0.4) is 0 Å². The zero-order valence-corrected chi connectivity index (χ0v) is 18.4. The Morgan fingerprint density at radius 1 is 1.00 bits per heavy atom. The van der Waals surface area contributed by atoms with Crippen molar-refractivity contribution < 1.29 is 24.7 Å². The topological polar surface area (TPSA) is 178 Å². The Labute approximate surface area is 204 Å². The predicted molar refractivity (Wildman–Crippen MR) is 130 cm³/mol. The van der Waals surface area contributed by atoms with Gasteiger partial charge in [0.25, 0.3) is 11.8 Å². The smallest absolute Gasteiger partial charge is 0.268 e. The Morgan fingerprint density at radius 2 is 1.54 bits per heavy atom. The lowest BCUT2D eigenvalue weighted by atomic mass is 10.1. The molecule has 7 N–H and O–H groups in total. The molecule has 10 nitrogen and oxygen atoms in total. The minimum absolute atomic E-state index is 0. The van der Waals surface area contributed by atoms with Gasteiger partial charge in [-0.2, -0.15) is 5.26 Å². The van der Waals surface area contributed by atoms with Gasteiger partial charge in [0.15, 0.2) is 0 Å². The summed E-state index contributed by atoms with van der Waals surface area (Å²) in [4.78, 5) is 35.8. The molecule has 0 aliphatic carbocycles. The van der Waals surface area contributed by atoms with E-state index < -0.39 is 30.0 Å². The number of nitrogens with zero attached hydrogens (tertiary/aromatic N) is 1. The summed E-state index contributed by atoms with van der Waals surface area (Å²) in [6.07, 6.45) is -0.718. The molecule has 0 aromatic heterocycles. The van der Waals surface area contributed by atoms with Gasteiger partial charge in [0, 0.05) is 28.8 Å². The number of amides is 3. The molecule has 0 saturated heterocycles. The summed E-state index contributed by atoms with van der Waals surface area (Å²) in [5, 5.41) is 31.9. The molecule has 0 aliphatic rings. The first-order chi connectivity index (χ1) is 16.2. The molecule has 3 amide bonds. The molecule has 0 bridgehead atoms. The van der Waals surface area contributed by atoms with Gasteiger partial charge in [-0.1, -0.05) is 19.3 Å². The fourth-order valence-electron chi connectivity index (χ4n) is 2.77. The SMILES string of the molecule is C.C[C@@H](O)[C@H](NC(=O)c1ccc(C#Cc2ccc(NC(=O)[C@@H](N)CCC#N)cc2)cc1)C(=O)NO. The summed E-state index contributed by atoms with van der Waals surface area (Å²) in [6, 6.07) is 13.0. The van der Waals surface area contributed by atoms with Crippen LogP contribution in [0.1, 0.15) is 48.7 Å². The zero-order valence-electron chi connectivity index (χ0n) is 18.4. The van der Waals surface area contributed by atoms with Crippen molar-refractivity contribution >= 4 is 23.4 Å². The first-order valence-corrected chi connectivity index (χ1v) is 10.3. The Morgan fingerprint density at radius 3 is 2.03 bits per heavy atom. The normalized spacial score (nSPS) is 12.3. The van der Waals surface area contributed by atoms with Crippen LogP contribution in [-0.4, -0.2) is 46.2 Å². The minimum Gasteiger partial charge on any atom is -0.391 e. The van der Waals surface area contributed by atoms with Gasteiger partial charge in [0.1, 0.15) is 6.04 Å². The molecule has 2 rings (SSSR count). The van der Waals surface area contributed by atoms with E-state index >= 15 is 0 Å². The van der Waals surface area contributed by atoms with Crippen molar-refractivity contribution in [2.75, 3.05) is 5.32 Å². The highest BCUT2D eigenvalue weighted by molar-refractivity contribution is 5.97. The van der Waals surface area contributed by atoms with Crippen molar-refractivity contribution in [3.8, 4) is 17.9 Å². The van der Waals surface area contributed by atoms with Gasteiger partial charge in [-0.05, 0) is 61.9 Å². The zero-order chi connectivity index (χ0) is 25.1. The van der Waals surface area contributed by atoms with Gasteiger partial charge in [0.05, 0.1) is 18.2 Å². The fourth-order valence-corrected chi connectivity index (χ4v) is 2.77. The van der Waals surface area contributed by atoms with Crippen LogP contribution in [0.2, 0.25) is 0 Å². The molecule has 0 spiro atoms. The summed E-state index contributed by atoms with van der Waals surface area (Å²) in [5.41, 5.74) is 9.27. The number of aliphatic hydroxyl groups excluding tert-OH is 1. The van der Waals surface area contributed by atoms with E-state index in [0.29, 0.717) is 16.8 Å². The van der Waals surface area contributed by atoms with Gasteiger partial charge < -0.3 is 21.5 Å². The Kier molecular flexibility index (Phi) is 11.6. The first-order valence-electron chi connectivity index (χ1n) is 10.3. The van der Waals surface area contributed by atoms with Crippen molar-refractivity contribution in [3.05, 3.63) is 65.2 Å². The molecule has 0 unspecified atom stereocenters. The van der Waals surface area contributed by atoms with Crippen molar-refractivity contribution in [3.63, 3.8) is 0 Å². The molecular weight excluding hydrogens is 450 g/mol. The number of nitriles is 1. The summed E-state index contributed by atoms with van der Waals surface area (Å²) in [7, 11) is 0. The van der Waals surface area contributed by atoms with E-state index in [1.165, 1.54) is 24.5 Å². The predicted octanol–water partition coefficient (Wildman–Crippen LogP) is 1.28. The third kappa shape index (κ3) is 8.91. The number of hydrogen-bond acceptors (Lipinski definition) is 7. The maximum atomic E-state index is 12.3. The first kappa shape index (κ1) is 28.8. The second-order valence-electron chi connectivity index (χ2n) is 7.37. The van der Waals surface area contributed by atoms with E-state index in [0.717, 1.165) is 0 Å². The van der Waals surface area contributed by atoms with E-state index in [4.69, 9.17) is 16.2 Å². The van der Waals surface area contributed by atoms with Crippen LogP contribution in [0.4, 0.5) is 5.69 Å². The van der Waals surface area contributed by atoms with Gasteiger partial charge in [-0.25, -0.2) is 5.48 Å². The monoisotopic (exact) mass is 479 g/mol. The van der Waals surface area contributed by atoms with Crippen LogP contribution in [0.5, 0.6) is 0 Å². The number of anilines is 1. The number of carbonyl (C=O) groups is 3. The maximum Gasteiger partial charge on any atom is 0.268 e. The van der Waals surface area contributed by atoms with Gasteiger partial charge in [0.2, 0.25) is 5.91 Å².